The maximum atomic E-state index is 10.5. The fraction of sp³-hybridized carbons (Fsp3) is 0.500. The third-order valence-corrected chi connectivity index (χ3v) is 3.15. The van der Waals surface area contributed by atoms with E-state index >= 15 is 0 Å². The predicted molar refractivity (Wildman–Crippen MR) is 63.8 cm³/mol. The smallest absolute Gasteiger partial charge is 0.269 e. The SMILES string of the molecule is O=[N+]([O-])c1ccc(CCN2CC(CO)C2)cc1. The van der Waals surface area contributed by atoms with Gasteiger partial charge in [-0.3, -0.25) is 10.1 Å². The van der Waals surface area contributed by atoms with Crippen LogP contribution >= 0.6 is 0 Å². The van der Waals surface area contributed by atoms with Crippen LogP contribution in [0.3, 0.4) is 0 Å². The van der Waals surface area contributed by atoms with E-state index in [1.165, 1.54) is 0 Å². The minimum atomic E-state index is -0.384. The normalized spacial score (nSPS) is 16.8. The molecule has 1 aliphatic rings. The quantitative estimate of drug-likeness (QED) is 0.613. The van der Waals surface area contributed by atoms with Gasteiger partial charge in [-0.15, -0.1) is 0 Å². The Balaban J connectivity index is 1.78. The molecule has 5 nitrogen and oxygen atoms in total. The lowest BCUT2D eigenvalue weighted by molar-refractivity contribution is -0.384. The number of hydrogen-bond donors (Lipinski definition) is 1. The number of non-ortho nitro benzene ring substituents is 1. The monoisotopic (exact) mass is 236 g/mol. The number of nitro benzene ring substituents is 1. The first-order valence-electron chi connectivity index (χ1n) is 5.75. The molecule has 0 saturated carbocycles. The lowest BCUT2D eigenvalue weighted by Crippen LogP contribution is -2.48. The molecule has 0 amide bonds. The predicted octanol–water partition coefficient (Wildman–Crippen LogP) is 1.06. The van der Waals surface area contributed by atoms with Gasteiger partial charge in [0, 0.05) is 44.3 Å². The van der Waals surface area contributed by atoms with Crippen LogP contribution in [-0.4, -0.2) is 41.2 Å². The van der Waals surface area contributed by atoms with E-state index in [0.717, 1.165) is 31.6 Å². The van der Waals surface area contributed by atoms with Gasteiger partial charge in [0.25, 0.3) is 5.69 Å². The van der Waals surface area contributed by atoms with Gasteiger partial charge in [0.05, 0.1) is 4.92 Å². The first-order valence-corrected chi connectivity index (χ1v) is 5.75. The lowest BCUT2D eigenvalue weighted by Gasteiger charge is -2.38. The fourth-order valence-corrected chi connectivity index (χ4v) is 2.05. The van der Waals surface area contributed by atoms with E-state index in [1.54, 1.807) is 24.3 Å². The highest BCUT2D eigenvalue weighted by molar-refractivity contribution is 5.32. The van der Waals surface area contributed by atoms with Crippen LogP contribution < -0.4 is 0 Å². The summed E-state index contributed by atoms with van der Waals surface area (Å²) in [4.78, 5) is 12.4. The number of likely N-dealkylation sites (tertiary alicyclic amines) is 1. The maximum absolute atomic E-state index is 10.5. The third kappa shape index (κ3) is 3.01. The van der Waals surface area contributed by atoms with Crippen molar-refractivity contribution in [3.8, 4) is 0 Å². The molecule has 5 heteroatoms. The second-order valence-corrected chi connectivity index (χ2v) is 4.48. The Labute approximate surface area is 99.8 Å². The number of rotatable bonds is 5. The summed E-state index contributed by atoms with van der Waals surface area (Å²) >= 11 is 0. The highest BCUT2D eigenvalue weighted by atomic mass is 16.6. The molecule has 17 heavy (non-hydrogen) atoms. The fourth-order valence-electron chi connectivity index (χ4n) is 2.05. The molecule has 0 bridgehead atoms. The number of nitro groups is 1. The van der Waals surface area contributed by atoms with Gasteiger partial charge < -0.3 is 10.0 Å². The van der Waals surface area contributed by atoms with Gasteiger partial charge in [-0.25, -0.2) is 0 Å². The second-order valence-electron chi connectivity index (χ2n) is 4.48. The van der Waals surface area contributed by atoms with Crippen molar-refractivity contribution in [2.24, 2.45) is 5.92 Å². The highest BCUT2D eigenvalue weighted by Gasteiger charge is 2.24. The van der Waals surface area contributed by atoms with Crippen molar-refractivity contribution in [2.45, 2.75) is 6.42 Å². The van der Waals surface area contributed by atoms with Crippen LogP contribution in [0.15, 0.2) is 24.3 Å². The summed E-state index contributed by atoms with van der Waals surface area (Å²) in [5.74, 6) is 0.437. The van der Waals surface area contributed by atoms with Crippen molar-refractivity contribution in [3.63, 3.8) is 0 Å². The van der Waals surface area contributed by atoms with Crippen molar-refractivity contribution in [1.29, 1.82) is 0 Å². The Morgan fingerprint density at radius 3 is 2.53 bits per heavy atom. The molecule has 2 rings (SSSR count). The first kappa shape index (κ1) is 12.0. The summed E-state index contributed by atoms with van der Waals surface area (Å²) in [6.45, 7) is 3.15. The summed E-state index contributed by atoms with van der Waals surface area (Å²) in [6, 6.07) is 6.70. The zero-order valence-corrected chi connectivity index (χ0v) is 9.58. The Hall–Kier alpha value is -1.46. The Kier molecular flexibility index (Phi) is 3.71. The Morgan fingerprint density at radius 1 is 1.35 bits per heavy atom. The van der Waals surface area contributed by atoms with E-state index in [2.05, 4.69) is 4.90 Å². The van der Waals surface area contributed by atoms with Crippen molar-refractivity contribution < 1.29 is 10.0 Å². The first-order chi connectivity index (χ1) is 8.19. The molecule has 1 N–H and O–H groups in total. The topological polar surface area (TPSA) is 66.6 Å². The Bertz CT molecular complexity index is 385. The van der Waals surface area contributed by atoms with Crippen LogP contribution in [0, 0.1) is 16.0 Å². The van der Waals surface area contributed by atoms with Gasteiger partial charge in [0.1, 0.15) is 0 Å². The molecule has 1 saturated heterocycles. The van der Waals surface area contributed by atoms with Crippen LogP contribution in [0.5, 0.6) is 0 Å². The van der Waals surface area contributed by atoms with Crippen LogP contribution in [0.4, 0.5) is 5.69 Å². The van der Waals surface area contributed by atoms with Crippen LogP contribution in [-0.2, 0) is 6.42 Å². The third-order valence-electron chi connectivity index (χ3n) is 3.15. The van der Waals surface area contributed by atoms with Gasteiger partial charge in [-0.05, 0) is 12.0 Å². The molecular formula is C12H16N2O3. The van der Waals surface area contributed by atoms with Gasteiger partial charge in [-0.2, -0.15) is 0 Å². The van der Waals surface area contributed by atoms with Gasteiger partial charge in [-0.1, -0.05) is 12.1 Å². The van der Waals surface area contributed by atoms with E-state index in [1.807, 2.05) is 0 Å². The molecular weight excluding hydrogens is 220 g/mol. The van der Waals surface area contributed by atoms with Crippen molar-refractivity contribution in [1.82, 2.24) is 4.90 Å². The molecule has 0 unspecified atom stereocenters. The van der Waals surface area contributed by atoms with Crippen molar-refractivity contribution in [3.05, 3.63) is 39.9 Å². The van der Waals surface area contributed by atoms with Crippen LogP contribution in [0.25, 0.3) is 0 Å². The van der Waals surface area contributed by atoms with E-state index in [9.17, 15) is 10.1 Å². The summed E-state index contributed by atoms with van der Waals surface area (Å²) in [7, 11) is 0. The van der Waals surface area contributed by atoms with Crippen LogP contribution in [0.2, 0.25) is 0 Å². The largest absolute Gasteiger partial charge is 0.396 e. The number of aliphatic hydroxyl groups is 1. The lowest BCUT2D eigenvalue weighted by atomic mass is 10.0. The molecule has 0 radical (unpaired) electrons. The van der Waals surface area contributed by atoms with Crippen LogP contribution in [0.1, 0.15) is 5.56 Å². The molecule has 1 aromatic carbocycles. The van der Waals surface area contributed by atoms with Gasteiger partial charge in [0.15, 0.2) is 0 Å². The zero-order valence-electron chi connectivity index (χ0n) is 9.58. The molecule has 0 aliphatic carbocycles. The van der Waals surface area contributed by atoms with E-state index in [0.29, 0.717) is 5.92 Å². The molecule has 0 atom stereocenters. The summed E-state index contributed by atoms with van der Waals surface area (Å²) in [6.07, 6.45) is 0.899. The molecule has 1 aromatic rings. The second kappa shape index (κ2) is 5.25. The maximum Gasteiger partial charge on any atom is 0.269 e. The molecule has 0 aromatic heterocycles. The van der Waals surface area contributed by atoms with Crippen molar-refractivity contribution in [2.75, 3.05) is 26.2 Å². The number of hydrogen-bond acceptors (Lipinski definition) is 4. The number of benzene rings is 1. The summed E-state index contributed by atoms with van der Waals surface area (Å²) < 4.78 is 0. The number of aliphatic hydroxyl groups excluding tert-OH is 1. The standard InChI is InChI=1S/C12H16N2O3/c15-9-11-7-13(8-11)6-5-10-1-3-12(4-2-10)14(16)17/h1-4,11,15H,5-9H2. The molecule has 1 heterocycles. The molecule has 1 aliphatic heterocycles. The molecule has 1 fully saturated rings. The number of nitrogens with zero attached hydrogens (tertiary/aromatic N) is 2. The van der Waals surface area contributed by atoms with E-state index in [-0.39, 0.29) is 17.2 Å². The van der Waals surface area contributed by atoms with E-state index in [4.69, 9.17) is 5.11 Å². The average Bonchev–Trinajstić information content (AvgIpc) is 2.28. The minimum absolute atomic E-state index is 0.137. The van der Waals surface area contributed by atoms with E-state index < -0.39 is 0 Å². The van der Waals surface area contributed by atoms with Gasteiger partial charge >= 0.3 is 0 Å². The summed E-state index contributed by atoms with van der Waals surface area (Å²) in [5.41, 5.74) is 1.25. The molecule has 92 valence electrons. The highest BCUT2D eigenvalue weighted by Crippen LogP contribution is 2.16. The minimum Gasteiger partial charge on any atom is -0.396 e. The zero-order chi connectivity index (χ0) is 12.3. The Morgan fingerprint density at radius 2 is 2.00 bits per heavy atom. The summed E-state index contributed by atoms with van der Waals surface area (Å²) in [5, 5.41) is 19.4. The molecule has 0 spiro atoms. The average molecular weight is 236 g/mol. The van der Waals surface area contributed by atoms with Crippen molar-refractivity contribution >= 4 is 5.69 Å². The van der Waals surface area contributed by atoms with Gasteiger partial charge in [0.2, 0.25) is 0 Å².